The zero-order chi connectivity index (χ0) is 16.4. The van der Waals surface area contributed by atoms with Gasteiger partial charge in [-0.3, -0.25) is 9.59 Å². The van der Waals surface area contributed by atoms with Crippen molar-refractivity contribution in [1.29, 1.82) is 0 Å². The van der Waals surface area contributed by atoms with Crippen molar-refractivity contribution in [2.45, 2.75) is 38.6 Å². The fourth-order valence-electron chi connectivity index (χ4n) is 3.99. The molecule has 1 saturated heterocycles. The van der Waals surface area contributed by atoms with E-state index in [4.69, 9.17) is 4.74 Å². The van der Waals surface area contributed by atoms with Crippen LogP contribution >= 0.6 is 0 Å². The molecule has 2 atom stereocenters. The van der Waals surface area contributed by atoms with Gasteiger partial charge in [0, 0.05) is 13.1 Å². The number of benzene rings is 1. The molecule has 1 aromatic carbocycles. The van der Waals surface area contributed by atoms with Crippen LogP contribution in [0.5, 0.6) is 5.75 Å². The van der Waals surface area contributed by atoms with Crippen molar-refractivity contribution in [3.05, 3.63) is 29.8 Å². The van der Waals surface area contributed by atoms with Gasteiger partial charge in [0.1, 0.15) is 5.75 Å². The predicted octanol–water partition coefficient (Wildman–Crippen LogP) is 2.69. The van der Waals surface area contributed by atoms with E-state index in [1.54, 1.807) is 7.11 Å². The molecule has 3 rings (SSSR count). The van der Waals surface area contributed by atoms with Gasteiger partial charge in [-0.15, -0.1) is 0 Å². The number of ether oxygens (including phenoxy) is 1. The van der Waals surface area contributed by atoms with Gasteiger partial charge in [0.15, 0.2) is 0 Å². The van der Waals surface area contributed by atoms with Crippen molar-refractivity contribution in [2.75, 3.05) is 13.7 Å². The minimum absolute atomic E-state index is 0.138. The van der Waals surface area contributed by atoms with Crippen molar-refractivity contribution in [1.82, 2.24) is 4.90 Å². The van der Waals surface area contributed by atoms with Crippen molar-refractivity contribution in [3.63, 3.8) is 0 Å². The SMILES string of the molecule is COc1ccc(CN2CC[C@]3(CCC[C@H](C(=O)O)C3)C2=O)cc1. The number of carbonyl (C=O) groups excluding carboxylic acids is 1. The zero-order valence-corrected chi connectivity index (χ0v) is 13.5. The molecular formula is C18H23NO4. The maximum Gasteiger partial charge on any atom is 0.306 e. The Morgan fingerprint density at radius 1 is 1.35 bits per heavy atom. The number of carboxylic acids is 1. The zero-order valence-electron chi connectivity index (χ0n) is 13.5. The molecule has 1 amide bonds. The first-order valence-electron chi connectivity index (χ1n) is 8.19. The van der Waals surface area contributed by atoms with E-state index in [0.717, 1.165) is 37.1 Å². The van der Waals surface area contributed by atoms with E-state index in [-0.39, 0.29) is 11.8 Å². The van der Waals surface area contributed by atoms with Crippen LogP contribution in [0.3, 0.4) is 0 Å². The van der Waals surface area contributed by atoms with E-state index in [1.807, 2.05) is 29.2 Å². The number of hydrogen-bond acceptors (Lipinski definition) is 3. The highest BCUT2D eigenvalue weighted by Gasteiger charge is 2.50. The number of hydrogen-bond donors (Lipinski definition) is 1. The maximum absolute atomic E-state index is 12.9. The Morgan fingerprint density at radius 2 is 2.09 bits per heavy atom. The van der Waals surface area contributed by atoms with Gasteiger partial charge < -0.3 is 14.7 Å². The molecule has 1 spiro atoms. The number of carboxylic acid groups (broad SMARTS) is 1. The van der Waals surface area contributed by atoms with E-state index >= 15 is 0 Å². The molecule has 0 aromatic heterocycles. The van der Waals surface area contributed by atoms with E-state index < -0.39 is 11.4 Å². The third-order valence-corrected chi connectivity index (χ3v) is 5.33. The molecule has 1 aliphatic heterocycles. The number of methoxy groups -OCH3 is 1. The van der Waals surface area contributed by atoms with Crippen LogP contribution in [0.4, 0.5) is 0 Å². The third-order valence-electron chi connectivity index (χ3n) is 5.33. The molecule has 1 aliphatic carbocycles. The topological polar surface area (TPSA) is 66.8 Å². The monoisotopic (exact) mass is 317 g/mol. The minimum Gasteiger partial charge on any atom is -0.497 e. The standard InChI is InChI=1S/C18H23NO4/c1-23-15-6-4-13(5-7-15)12-19-10-9-18(17(19)22)8-2-3-14(11-18)16(20)21/h4-7,14H,2-3,8-12H2,1H3,(H,20,21)/t14-,18-/m0/s1. The van der Waals surface area contributed by atoms with Gasteiger partial charge in [-0.1, -0.05) is 18.6 Å². The molecule has 0 radical (unpaired) electrons. The van der Waals surface area contributed by atoms with Crippen molar-refractivity contribution >= 4 is 11.9 Å². The molecule has 1 heterocycles. The maximum atomic E-state index is 12.9. The summed E-state index contributed by atoms with van der Waals surface area (Å²) in [6, 6.07) is 7.73. The largest absolute Gasteiger partial charge is 0.497 e. The number of nitrogens with zero attached hydrogens (tertiary/aromatic N) is 1. The molecule has 5 heteroatoms. The first kappa shape index (κ1) is 15.8. The lowest BCUT2D eigenvalue weighted by Crippen LogP contribution is -2.39. The summed E-state index contributed by atoms with van der Waals surface area (Å²) < 4.78 is 5.15. The lowest BCUT2D eigenvalue weighted by molar-refractivity contribution is -0.147. The summed E-state index contributed by atoms with van der Waals surface area (Å²) >= 11 is 0. The van der Waals surface area contributed by atoms with E-state index in [0.29, 0.717) is 19.4 Å². The number of amides is 1. The fraction of sp³-hybridized carbons (Fsp3) is 0.556. The molecule has 2 fully saturated rings. The van der Waals surface area contributed by atoms with E-state index in [2.05, 4.69) is 0 Å². The smallest absolute Gasteiger partial charge is 0.306 e. The van der Waals surface area contributed by atoms with Gasteiger partial charge in [0.05, 0.1) is 18.4 Å². The first-order valence-corrected chi connectivity index (χ1v) is 8.19. The van der Waals surface area contributed by atoms with Gasteiger partial charge >= 0.3 is 5.97 Å². The average Bonchev–Trinajstić information content (AvgIpc) is 2.85. The normalized spacial score (nSPS) is 27.4. The van der Waals surface area contributed by atoms with Gasteiger partial charge in [-0.2, -0.15) is 0 Å². The van der Waals surface area contributed by atoms with Gasteiger partial charge in [-0.05, 0) is 43.4 Å². The van der Waals surface area contributed by atoms with Crippen LogP contribution in [-0.4, -0.2) is 35.5 Å². The van der Waals surface area contributed by atoms with Gasteiger partial charge in [-0.25, -0.2) is 0 Å². The molecule has 0 bridgehead atoms. The van der Waals surface area contributed by atoms with E-state index in [9.17, 15) is 14.7 Å². The molecule has 1 aromatic rings. The summed E-state index contributed by atoms with van der Waals surface area (Å²) in [6.45, 7) is 1.31. The Balaban J connectivity index is 1.69. The number of rotatable bonds is 4. The molecule has 23 heavy (non-hydrogen) atoms. The Morgan fingerprint density at radius 3 is 2.74 bits per heavy atom. The summed E-state index contributed by atoms with van der Waals surface area (Å²) in [5.74, 6) is -0.187. The number of likely N-dealkylation sites (tertiary alicyclic amines) is 1. The lowest BCUT2D eigenvalue weighted by atomic mass is 9.68. The highest BCUT2D eigenvalue weighted by atomic mass is 16.5. The molecule has 124 valence electrons. The van der Waals surface area contributed by atoms with Crippen LogP contribution in [-0.2, 0) is 16.1 Å². The Hall–Kier alpha value is -2.04. The molecular weight excluding hydrogens is 294 g/mol. The van der Waals surface area contributed by atoms with Gasteiger partial charge in [0.25, 0.3) is 0 Å². The lowest BCUT2D eigenvalue weighted by Gasteiger charge is -2.34. The van der Waals surface area contributed by atoms with Crippen LogP contribution in [0.25, 0.3) is 0 Å². The van der Waals surface area contributed by atoms with Crippen molar-refractivity contribution < 1.29 is 19.4 Å². The minimum atomic E-state index is -0.759. The van der Waals surface area contributed by atoms with Crippen LogP contribution in [0.1, 0.15) is 37.7 Å². The summed E-state index contributed by atoms with van der Waals surface area (Å²) in [5, 5.41) is 9.28. The summed E-state index contributed by atoms with van der Waals surface area (Å²) in [7, 11) is 1.63. The van der Waals surface area contributed by atoms with Crippen LogP contribution in [0, 0.1) is 11.3 Å². The first-order chi connectivity index (χ1) is 11.0. The molecule has 0 unspecified atom stereocenters. The van der Waals surface area contributed by atoms with Crippen LogP contribution < -0.4 is 4.74 Å². The molecule has 2 aliphatic rings. The summed E-state index contributed by atoms with van der Waals surface area (Å²) in [6.07, 6.45) is 3.64. The summed E-state index contributed by atoms with van der Waals surface area (Å²) in [4.78, 5) is 26.1. The molecule has 1 N–H and O–H groups in total. The fourth-order valence-corrected chi connectivity index (χ4v) is 3.99. The van der Waals surface area contributed by atoms with Crippen LogP contribution in [0.2, 0.25) is 0 Å². The second-order valence-corrected chi connectivity index (χ2v) is 6.74. The Kier molecular flexibility index (Phi) is 4.28. The second kappa shape index (κ2) is 6.22. The highest BCUT2D eigenvalue weighted by molar-refractivity contribution is 5.86. The number of aliphatic carboxylic acids is 1. The summed E-state index contributed by atoms with van der Waals surface area (Å²) in [5.41, 5.74) is 0.634. The number of carbonyl (C=O) groups is 2. The predicted molar refractivity (Wildman–Crippen MR) is 85.1 cm³/mol. The third kappa shape index (κ3) is 3.05. The van der Waals surface area contributed by atoms with Crippen molar-refractivity contribution in [2.24, 2.45) is 11.3 Å². The molecule has 1 saturated carbocycles. The Bertz CT molecular complexity index is 598. The quantitative estimate of drug-likeness (QED) is 0.927. The highest BCUT2D eigenvalue weighted by Crippen LogP contribution is 2.47. The second-order valence-electron chi connectivity index (χ2n) is 6.74. The van der Waals surface area contributed by atoms with E-state index in [1.165, 1.54) is 0 Å². The Labute approximate surface area is 136 Å². The average molecular weight is 317 g/mol. The molecule has 5 nitrogen and oxygen atoms in total. The van der Waals surface area contributed by atoms with Gasteiger partial charge in [0.2, 0.25) is 5.91 Å². The van der Waals surface area contributed by atoms with Crippen LogP contribution in [0.15, 0.2) is 24.3 Å². The van der Waals surface area contributed by atoms with Crippen molar-refractivity contribution in [3.8, 4) is 5.75 Å².